The van der Waals surface area contributed by atoms with Crippen molar-refractivity contribution in [3.8, 4) is 0 Å². The highest BCUT2D eigenvalue weighted by Gasteiger charge is 2.19. The molecule has 32 heavy (non-hydrogen) atoms. The third-order valence-corrected chi connectivity index (χ3v) is 6.41. The van der Waals surface area contributed by atoms with Crippen LogP contribution in [0.2, 0.25) is 0 Å². The number of carbonyl (C=O) groups excluding carboxylic acids is 1. The van der Waals surface area contributed by atoms with Gasteiger partial charge in [-0.25, -0.2) is 4.39 Å². The van der Waals surface area contributed by atoms with Crippen LogP contribution in [0.25, 0.3) is 0 Å². The molecule has 1 amide bonds. The summed E-state index contributed by atoms with van der Waals surface area (Å²) in [5.41, 5.74) is 4.19. The molecule has 3 aromatic rings. The van der Waals surface area contributed by atoms with E-state index in [1.165, 1.54) is 42.5 Å². The number of rotatable bonds is 7. The van der Waals surface area contributed by atoms with Crippen LogP contribution in [0.5, 0.6) is 0 Å². The Balaban J connectivity index is 1.25. The summed E-state index contributed by atoms with van der Waals surface area (Å²) in [5, 5.41) is 2.99. The number of hydrogen-bond acceptors (Lipinski definition) is 2. The van der Waals surface area contributed by atoms with E-state index in [4.69, 9.17) is 0 Å². The average molecular weight is 431 g/mol. The van der Waals surface area contributed by atoms with Crippen LogP contribution in [0.1, 0.15) is 52.9 Å². The minimum atomic E-state index is -0.275. The minimum Gasteiger partial charge on any atom is -0.346 e. The van der Waals surface area contributed by atoms with Crippen molar-refractivity contribution >= 4 is 5.91 Å². The lowest BCUT2D eigenvalue weighted by Gasteiger charge is -2.32. The van der Waals surface area contributed by atoms with Crippen molar-refractivity contribution in [2.45, 2.75) is 38.8 Å². The molecule has 0 aliphatic carbocycles. The van der Waals surface area contributed by atoms with Crippen molar-refractivity contribution in [2.24, 2.45) is 5.92 Å². The number of hydrogen-bond donors (Lipinski definition) is 1. The lowest BCUT2D eigenvalue weighted by Crippen LogP contribution is -2.33. The topological polar surface area (TPSA) is 32.3 Å². The van der Waals surface area contributed by atoms with Gasteiger partial charge in [0.25, 0.3) is 5.91 Å². The van der Waals surface area contributed by atoms with E-state index >= 15 is 0 Å². The quantitative estimate of drug-likeness (QED) is 0.516. The highest BCUT2D eigenvalue weighted by atomic mass is 19.1. The predicted octanol–water partition coefficient (Wildman–Crippen LogP) is 5.77. The zero-order valence-electron chi connectivity index (χ0n) is 18.6. The van der Waals surface area contributed by atoms with Crippen LogP contribution in [0, 0.1) is 11.7 Å². The Morgan fingerprint density at radius 1 is 0.938 bits per heavy atom. The number of nitrogens with one attached hydrogen (secondary N) is 1. The lowest BCUT2D eigenvalue weighted by atomic mass is 9.90. The van der Waals surface area contributed by atoms with Crippen LogP contribution in [-0.4, -0.2) is 23.9 Å². The fourth-order valence-electron chi connectivity index (χ4n) is 4.43. The first-order valence-electron chi connectivity index (χ1n) is 11.5. The van der Waals surface area contributed by atoms with E-state index in [-0.39, 0.29) is 17.8 Å². The van der Waals surface area contributed by atoms with Crippen molar-refractivity contribution in [2.75, 3.05) is 13.1 Å². The largest absolute Gasteiger partial charge is 0.346 e. The van der Waals surface area contributed by atoms with Gasteiger partial charge in [0, 0.05) is 12.1 Å². The van der Waals surface area contributed by atoms with Gasteiger partial charge in [-0.05, 0) is 86.1 Å². The van der Waals surface area contributed by atoms with Crippen molar-refractivity contribution in [3.63, 3.8) is 0 Å². The summed E-state index contributed by atoms with van der Waals surface area (Å²) in [5.74, 6) is 0.376. The van der Waals surface area contributed by atoms with Crippen LogP contribution >= 0.6 is 0 Å². The van der Waals surface area contributed by atoms with Crippen molar-refractivity contribution < 1.29 is 9.18 Å². The van der Waals surface area contributed by atoms with Gasteiger partial charge in [0.1, 0.15) is 5.82 Å². The molecule has 3 nitrogen and oxygen atoms in total. The van der Waals surface area contributed by atoms with Gasteiger partial charge in [0.05, 0.1) is 6.04 Å². The molecule has 166 valence electrons. The Morgan fingerprint density at radius 2 is 1.59 bits per heavy atom. The summed E-state index contributed by atoms with van der Waals surface area (Å²) in [6.45, 7) is 5.07. The van der Waals surface area contributed by atoms with E-state index in [0.717, 1.165) is 31.1 Å². The third-order valence-electron chi connectivity index (χ3n) is 6.41. The molecule has 1 N–H and O–H groups in total. The van der Waals surface area contributed by atoms with Gasteiger partial charge >= 0.3 is 0 Å². The SMILES string of the molecule is C[C@@H](NC(=O)c1ccc(CN2CCC(Cc3ccccc3)CC2)cc1)c1ccc(F)cc1. The second kappa shape index (κ2) is 10.6. The first kappa shape index (κ1) is 22.2. The van der Waals surface area contributed by atoms with Gasteiger partial charge in [-0.1, -0.05) is 54.6 Å². The van der Waals surface area contributed by atoms with Gasteiger partial charge in [0.15, 0.2) is 0 Å². The molecule has 1 fully saturated rings. The number of likely N-dealkylation sites (tertiary alicyclic amines) is 1. The average Bonchev–Trinajstić information content (AvgIpc) is 2.82. The van der Waals surface area contributed by atoms with Crippen LogP contribution in [0.3, 0.4) is 0 Å². The Kier molecular flexibility index (Phi) is 7.33. The summed E-state index contributed by atoms with van der Waals surface area (Å²) in [7, 11) is 0. The van der Waals surface area contributed by atoms with Gasteiger partial charge in [-0.2, -0.15) is 0 Å². The second-order valence-electron chi connectivity index (χ2n) is 8.85. The third kappa shape index (κ3) is 6.04. The lowest BCUT2D eigenvalue weighted by molar-refractivity contribution is 0.0940. The molecule has 0 bridgehead atoms. The second-order valence-corrected chi connectivity index (χ2v) is 8.85. The number of carbonyl (C=O) groups is 1. The summed E-state index contributed by atoms with van der Waals surface area (Å²) in [6.07, 6.45) is 3.64. The minimum absolute atomic E-state index is 0.116. The van der Waals surface area contributed by atoms with Crippen LogP contribution in [0.15, 0.2) is 78.9 Å². The molecule has 3 aromatic carbocycles. The number of amides is 1. The summed E-state index contributed by atoms with van der Waals surface area (Å²) in [6, 6.07) is 24.7. The molecule has 0 unspecified atom stereocenters. The van der Waals surface area contributed by atoms with Crippen molar-refractivity contribution in [3.05, 3.63) is 107 Å². The maximum absolute atomic E-state index is 13.1. The number of piperidine rings is 1. The molecule has 0 spiro atoms. The molecule has 4 heteroatoms. The Morgan fingerprint density at radius 3 is 2.25 bits per heavy atom. The smallest absolute Gasteiger partial charge is 0.251 e. The summed E-state index contributed by atoms with van der Waals surface area (Å²) >= 11 is 0. The van der Waals surface area contributed by atoms with E-state index in [1.807, 2.05) is 31.2 Å². The van der Waals surface area contributed by atoms with E-state index < -0.39 is 0 Å². The monoisotopic (exact) mass is 430 g/mol. The molecule has 1 heterocycles. The van der Waals surface area contributed by atoms with Crippen LogP contribution in [0.4, 0.5) is 4.39 Å². The normalized spacial score (nSPS) is 15.9. The van der Waals surface area contributed by atoms with Gasteiger partial charge in [-0.3, -0.25) is 9.69 Å². The maximum Gasteiger partial charge on any atom is 0.251 e. The standard InChI is InChI=1S/C28H31FN2O/c1-21(25-11-13-27(29)14-12-25)30-28(32)26-9-7-24(8-10-26)20-31-17-15-23(16-18-31)19-22-5-3-2-4-6-22/h2-14,21,23H,15-20H2,1H3,(H,30,32)/t21-/m1/s1. The molecule has 0 radical (unpaired) electrons. The molecular weight excluding hydrogens is 399 g/mol. The maximum atomic E-state index is 13.1. The van der Waals surface area contributed by atoms with Crippen LogP contribution in [-0.2, 0) is 13.0 Å². The first-order valence-corrected chi connectivity index (χ1v) is 11.5. The predicted molar refractivity (Wildman–Crippen MR) is 127 cm³/mol. The molecule has 1 atom stereocenters. The van der Waals surface area contributed by atoms with E-state index in [1.54, 1.807) is 12.1 Å². The summed E-state index contributed by atoms with van der Waals surface area (Å²) < 4.78 is 13.1. The molecule has 0 saturated carbocycles. The van der Waals surface area contributed by atoms with Gasteiger partial charge in [-0.15, -0.1) is 0 Å². The zero-order valence-corrected chi connectivity index (χ0v) is 18.6. The Bertz CT molecular complexity index is 994. The first-order chi connectivity index (χ1) is 15.6. The van der Waals surface area contributed by atoms with Crippen LogP contribution < -0.4 is 5.32 Å². The number of benzene rings is 3. The fraction of sp³-hybridized carbons (Fsp3) is 0.321. The molecule has 1 aliphatic heterocycles. The highest BCUT2D eigenvalue weighted by Crippen LogP contribution is 2.23. The fourth-order valence-corrected chi connectivity index (χ4v) is 4.43. The molecule has 1 aliphatic rings. The van der Waals surface area contributed by atoms with E-state index in [2.05, 4.69) is 40.5 Å². The van der Waals surface area contributed by atoms with E-state index in [9.17, 15) is 9.18 Å². The summed E-state index contributed by atoms with van der Waals surface area (Å²) in [4.78, 5) is 15.1. The van der Waals surface area contributed by atoms with E-state index in [0.29, 0.717) is 5.56 Å². The zero-order chi connectivity index (χ0) is 22.3. The Labute approximate surface area is 190 Å². The highest BCUT2D eigenvalue weighted by molar-refractivity contribution is 5.94. The molecule has 4 rings (SSSR count). The number of nitrogens with zero attached hydrogens (tertiary/aromatic N) is 1. The van der Waals surface area contributed by atoms with Crippen molar-refractivity contribution in [1.82, 2.24) is 10.2 Å². The Hall–Kier alpha value is -2.98. The number of halogens is 1. The molecule has 0 aromatic heterocycles. The van der Waals surface area contributed by atoms with Gasteiger partial charge < -0.3 is 5.32 Å². The molecular formula is C28H31FN2O. The van der Waals surface area contributed by atoms with Gasteiger partial charge in [0.2, 0.25) is 0 Å². The van der Waals surface area contributed by atoms with Crippen molar-refractivity contribution in [1.29, 1.82) is 0 Å². The molecule has 1 saturated heterocycles.